The Kier molecular flexibility index (Phi) is 2.58. The third-order valence-electron chi connectivity index (χ3n) is 1.58. The van der Waals surface area contributed by atoms with E-state index in [-0.39, 0.29) is 11.6 Å². The Morgan fingerprint density at radius 3 is 3.00 bits per heavy atom. The molecule has 0 bridgehead atoms. The molecule has 0 amide bonds. The van der Waals surface area contributed by atoms with Crippen LogP contribution in [-0.2, 0) is 4.79 Å². The molecule has 0 radical (unpaired) electrons. The molecule has 0 saturated heterocycles. The summed E-state index contributed by atoms with van der Waals surface area (Å²) < 4.78 is 12.6. The molecule has 1 rings (SSSR count). The fourth-order valence-corrected chi connectivity index (χ4v) is 1.14. The summed E-state index contributed by atoms with van der Waals surface area (Å²) in [7, 11) is 0. The smallest absolute Gasteiger partial charge is 0.134 e. The minimum absolute atomic E-state index is 0.0854. The van der Waals surface area contributed by atoms with E-state index >= 15 is 0 Å². The summed E-state index contributed by atoms with van der Waals surface area (Å²) in [6.45, 7) is 1.52. The van der Waals surface area contributed by atoms with Crippen LogP contribution in [-0.4, -0.2) is 5.78 Å². The van der Waals surface area contributed by atoms with Crippen molar-refractivity contribution < 1.29 is 9.18 Å². The van der Waals surface area contributed by atoms with Crippen LogP contribution < -0.4 is 0 Å². The first-order valence-corrected chi connectivity index (χ1v) is 3.73. The lowest BCUT2D eigenvalue weighted by Gasteiger charge is -2.05. The van der Waals surface area contributed by atoms with Crippen molar-refractivity contribution in [1.29, 1.82) is 0 Å². The number of allylic oxidation sites excluding steroid dienone is 4. The predicted molar refractivity (Wildman–Crippen MR) is 41.8 cm³/mol. The maximum atomic E-state index is 12.6. The van der Waals surface area contributed by atoms with Crippen LogP contribution in [0.1, 0.15) is 26.2 Å². The van der Waals surface area contributed by atoms with Gasteiger partial charge < -0.3 is 0 Å². The van der Waals surface area contributed by atoms with Crippen molar-refractivity contribution in [3.63, 3.8) is 0 Å². The molecule has 0 aromatic carbocycles. The average molecular weight is 154 g/mol. The molecular weight excluding hydrogens is 143 g/mol. The van der Waals surface area contributed by atoms with Crippen molar-refractivity contribution in [1.82, 2.24) is 0 Å². The third-order valence-corrected chi connectivity index (χ3v) is 1.58. The van der Waals surface area contributed by atoms with Gasteiger partial charge in [0.2, 0.25) is 0 Å². The molecule has 1 aliphatic rings. The number of Topliss-reactive ketones (excluding diaryl/α,β-unsaturated/α-hetero) is 1. The minimum atomic E-state index is -0.108. The number of halogens is 1. The third kappa shape index (κ3) is 2.66. The number of hydrogen-bond acceptors (Lipinski definition) is 1. The molecular formula is C9H11FO. The van der Waals surface area contributed by atoms with Gasteiger partial charge in [-0.3, -0.25) is 4.79 Å². The van der Waals surface area contributed by atoms with Gasteiger partial charge in [-0.2, -0.15) is 0 Å². The van der Waals surface area contributed by atoms with E-state index in [1.54, 1.807) is 0 Å². The predicted octanol–water partition coefficient (Wildman–Crippen LogP) is 2.54. The first-order chi connectivity index (χ1) is 5.18. The highest BCUT2D eigenvalue weighted by atomic mass is 19.1. The van der Waals surface area contributed by atoms with Crippen LogP contribution in [0.5, 0.6) is 0 Å². The summed E-state index contributed by atoms with van der Waals surface area (Å²) in [5.74, 6) is -0.0223. The van der Waals surface area contributed by atoms with Crippen molar-refractivity contribution in [2.75, 3.05) is 0 Å². The summed E-state index contributed by atoms with van der Waals surface area (Å²) in [6, 6.07) is 0. The van der Waals surface area contributed by atoms with Gasteiger partial charge in [-0.15, -0.1) is 0 Å². The first kappa shape index (κ1) is 8.18. The highest BCUT2D eigenvalue weighted by molar-refractivity contribution is 5.78. The molecule has 1 nitrogen and oxygen atoms in total. The zero-order chi connectivity index (χ0) is 8.27. The second kappa shape index (κ2) is 3.46. The van der Waals surface area contributed by atoms with E-state index in [1.807, 2.05) is 6.08 Å². The average Bonchev–Trinajstić information content (AvgIpc) is 1.85. The molecule has 60 valence electrons. The van der Waals surface area contributed by atoms with Crippen LogP contribution >= 0.6 is 0 Å². The summed E-state index contributed by atoms with van der Waals surface area (Å²) >= 11 is 0. The van der Waals surface area contributed by atoms with Gasteiger partial charge in [0.25, 0.3) is 0 Å². The molecule has 0 atom stereocenters. The highest BCUT2D eigenvalue weighted by Crippen LogP contribution is 2.19. The Labute approximate surface area is 65.6 Å². The van der Waals surface area contributed by atoms with E-state index in [9.17, 15) is 9.18 Å². The van der Waals surface area contributed by atoms with E-state index < -0.39 is 0 Å². The van der Waals surface area contributed by atoms with Crippen LogP contribution in [0.2, 0.25) is 0 Å². The molecule has 0 aliphatic heterocycles. The Bertz CT molecular complexity index is 226. The number of ketones is 1. The van der Waals surface area contributed by atoms with E-state index in [2.05, 4.69) is 0 Å². The van der Waals surface area contributed by atoms with Crippen LogP contribution in [0.15, 0.2) is 23.6 Å². The Hall–Kier alpha value is -0.920. The number of carbonyl (C=O) groups excluding carboxylic acids is 1. The Morgan fingerprint density at radius 2 is 2.45 bits per heavy atom. The van der Waals surface area contributed by atoms with Crippen molar-refractivity contribution in [3.8, 4) is 0 Å². The van der Waals surface area contributed by atoms with Gasteiger partial charge in [-0.05, 0) is 25.0 Å². The van der Waals surface area contributed by atoms with E-state index in [4.69, 9.17) is 0 Å². The fraction of sp³-hybridized carbons (Fsp3) is 0.444. The molecule has 2 heteroatoms. The molecule has 0 unspecified atom stereocenters. The number of rotatable bonds is 2. The number of carbonyl (C=O) groups is 1. The first-order valence-electron chi connectivity index (χ1n) is 3.73. The standard InChI is InChI=1S/C9H11FO/c1-7(11)5-8-3-2-4-9(10)6-8/h3,6H,2,4-5H2,1H3. The molecule has 0 N–H and O–H groups in total. The zero-order valence-corrected chi connectivity index (χ0v) is 6.56. The zero-order valence-electron chi connectivity index (χ0n) is 6.56. The summed E-state index contributed by atoms with van der Waals surface area (Å²) in [5, 5.41) is 0. The lowest BCUT2D eigenvalue weighted by Crippen LogP contribution is -1.95. The molecule has 0 spiro atoms. The second-order valence-electron chi connectivity index (χ2n) is 2.79. The largest absolute Gasteiger partial charge is 0.300 e. The molecule has 0 aromatic rings. The molecule has 0 fully saturated rings. The molecule has 0 saturated carbocycles. The summed E-state index contributed by atoms with van der Waals surface area (Å²) in [4.78, 5) is 10.6. The van der Waals surface area contributed by atoms with Crippen LogP contribution in [0.25, 0.3) is 0 Å². The lowest BCUT2D eigenvalue weighted by molar-refractivity contribution is -0.116. The lowest BCUT2D eigenvalue weighted by atomic mass is 10.0. The van der Waals surface area contributed by atoms with E-state index in [0.717, 1.165) is 12.0 Å². The highest BCUT2D eigenvalue weighted by Gasteiger charge is 2.05. The van der Waals surface area contributed by atoms with Crippen molar-refractivity contribution in [3.05, 3.63) is 23.6 Å². The van der Waals surface area contributed by atoms with Gasteiger partial charge >= 0.3 is 0 Å². The monoisotopic (exact) mass is 154 g/mol. The number of hydrogen-bond donors (Lipinski definition) is 0. The van der Waals surface area contributed by atoms with Crippen molar-refractivity contribution >= 4 is 5.78 Å². The van der Waals surface area contributed by atoms with Crippen LogP contribution in [0.4, 0.5) is 4.39 Å². The molecule has 11 heavy (non-hydrogen) atoms. The van der Waals surface area contributed by atoms with Crippen LogP contribution in [0.3, 0.4) is 0 Å². The SMILES string of the molecule is CC(=O)CC1=CCCC(F)=C1. The Morgan fingerprint density at radius 1 is 1.73 bits per heavy atom. The summed E-state index contributed by atoms with van der Waals surface area (Å²) in [6.07, 6.45) is 4.97. The topological polar surface area (TPSA) is 17.1 Å². The molecule has 1 aliphatic carbocycles. The van der Waals surface area contributed by atoms with Gasteiger partial charge in [0.1, 0.15) is 11.6 Å². The van der Waals surface area contributed by atoms with Crippen molar-refractivity contribution in [2.45, 2.75) is 26.2 Å². The van der Waals surface area contributed by atoms with Gasteiger partial charge in [0, 0.05) is 12.8 Å². The van der Waals surface area contributed by atoms with E-state index in [1.165, 1.54) is 13.0 Å². The van der Waals surface area contributed by atoms with Crippen LogP contribution in [0, 0.1) is 0 Å². The van der Waals surface area contributed by atoms with Gasteiger partial charge in [0.15, 0.2) is 0 Å². The summed E-state index contributed by atoms with van der Waals surface area (Å²) in [5.41, 5.74) is 0.821. The minimum Gasteiger partial charge on any atom is -0.300 e. The maximum absolute atomic E-state index is 12.6. The quantitative estimate of drug-likeness (QED) is 0.597. The van der Waals surface area contributed by atoms with Gasteiger partial charge in [-0.1, -0.05) is 6.08 Å². The molecule has 0 aromatic heterocycles. The maximum Gasteiger partial charge on any atom is 0.134 e. The van der Waals surface area contributed by atoms with Gasteiger partial charge in [0.05, 0.1) is 0 Å². The van der Waals surface area contributed by atoms with Gasteiger partial charge in [-0.25, -0.2) is 4.39 Å². The second-order valence-corrected chi connectivity index (χ2v) is 2.79. The Balaban J connectivity index is 2.59. The fourth-order valence-electron chi connectivity index (χ4n) is 1.14. The normalized spacial score (nSPS) is 17.3. The molecule has 0 heterocycles. The van der Waals surface area contributed by atoms with Crippen molar-refractivity contribution in [2.24, 2.45) is 0 Å². The van der Waals surface area contributed by atoms with E-state index in [0.29, 0.717) is 12.8 Å².